The molecule has 33 heavy (non-hydrogen) atoms. The summed E-state index contributed by atoms with van der Waals surface area (Å²) in [5.41, 5.74) is 0.562. The van der Waals surface area contributed by atoms with Gasteiger partial charge in [-0.2, -0.15) is 0 Å². The molecule has 1 heterocycles. The van der Waals surface area contributed by atoms with Crippen LogP contribution in [0.1, 0.15) is 43.6 Å². The fourth-order valence-electron chi connectivity index (χ4n) is 3.96. The molecule has 3 aromatic rings. The average molecular weight is 454 g/mol. The second-order valence-corrected chi connectivity index (χ2v) is 8.29. The van der Waals surface area contributed by atoms with Crippen LogP contribution in [0.5, 0.6) is 28.7 Å². The van der Waals surface area contributed by atoms with Gasteiger partial charge in [-0.25, -0.2) is 4.79 Å². The number of aromatic hydroxyl groups is 1. The Morgan fingerprint density at radius 2 is 1.58 bits per heavy atom. The van der Waals surface area contributed by atoms with Crippen LogP contribution in [0.3, 0.4) is 0 Å². The van der Waals surface area contributed by atoms with Gasteiger partial charge in [-0.1, -0.05) is 6.07 Å². The van der Waals surface area contributed by atoms with E-state index in [9.17, 15) is 20.1 Å². The lowest BCUT2D eigenvalue weighted by atomic mass is 9.88. The number of benzene rings is 3. The number of fused-ring (bicyclic) bond motifs is 2. The van der Waals surface area contributed by atoms with Crippen molar-refractivity contribution in [3.8, 4) is 39.9 Å². The first kappa shape index (κ1) is 22.5. The molecule has 0 atom stereocenters. The van der Waals surface area contributed by atoms with Crippen molar-refractivity contribution in [2.24, 2.45) is 0 Å². The van der Waals surface area contributed by atoms with Gasteiger partial charge in [-0.15, -0.1) is 0 Å². The van der Waals surface area contributed by atoms with Gasteiger partial charge in [0, 0.05) is 16.5 Å². The highest BCUT2D eigenvalue weighted by molar-refractivity contribution is 6.12. The van der Waals surface area contributed by atoms with Crippen LogP contribution in [-0.2, 0) is 6.61 Å². The Kier molecular flexibility index (Phi) is 5.95. The van der Waals surface area contributed by atoms with Crippen molar-refractivity contribution in [3.05, 3.63) is 41.5 Å². The maximum atomic E-state index is 12.3. The summed E-state index contributed by atoms with van der Waals surface area (Å²) in [4.78, 5) is 12.3. The number of carboxylic acid groups (broad SMARTS) is 1. The van der Waals surface area contributed by atoms with Crippen LogP contribution in [0.2, 0.25) is 0 Å². The van der Waals surface area contributed by atoms with Gasteiger partial charge >= 0.3 is 5.97 Å². The van der Waals surface area contributed by atoms with E-state index in [1.54, 1.807) is 30.3 Å². The van der Waals surface area contributed by atoms with E-state index in [1.165, 1.54) is 0 Å². The van der Waals surface area contributed by atoms with Gasteiger partial charge in [0.05, 0.1) is 24.4 Å². The van der Waals surface area contributed by atoms with Gasteiger partial charge in [0.15, 0.2) is 23.0 Å². The second-order valence-electron chi connectivity index (χ2n) is 8.29. The summed E-state index contributed by atoms with van der Waals surface area (Å²) in [6.07, 6.45) is -0.234. The number of ether oxygens (including phenoxy) is 4. The zero-order chi connectivity index (χ0) is 23.9. The van der Waals surface area contributed by atoms with E-state index in [4.69, 9.17) is 18.9 Å². The number of carbonyl (C=O) groups is 1. The molecule has 8 heteroatoms. The molecule has 0 bridgehead atoms. The summed E-state index contributed by atoms with van der Waals surface area (Å²) in [6.45, 7) is 6.94. The number of hydrogen-bond acceptors (Lipinski definition) is 7. The summed E-state index contributed by atoms with van der Waals surface area (Å²) < 4.78 is 22.7. The highest BCUT2D eigenvalue weighted by Crippen LogP contribution is 2.47. The number of carboxylic acids is 1. The molecule has 0 saturated carbocycles. The van der Waals surface area contributed by atoms with Crippen LogP contribution in [0, 0.1) is 0 Å². The molecule has 1 aliphatic heterocycles. The lowest BCUT2D eigenvalue weighted by Crippen LogP contribution is -2.11. The predicted molar refractivity (Wildman–Crippen MR) is 122 cm³/mol. The summed E-state index contributed by atoms with van der Waals surface area (Å²) in [7, 11) is 0. The lowest BCUT2D eigenvalue weighted by Gasteiger charge is -2.20. The van der Waals surface area contributed by atoms with Gasteiger partial charge in [0.2, 0.25) is 6.79 Å². The Hall–Kier alpha value is -3.65. The molecule has 8 nitrogen and oxygen atoms in total. The maximum Gasteiger partial charge on any atom is 0.336 e. The van der Waals surface area contributed by atoms with Gasteiger partial charge in [0.25, 0.3) is 0 Å². The molecule has 0 saturated heterocycles. The molecule has 0 aliphatic carbocycles. The van der Waals surface area contributed by atoms with Crippen molar-refractivity contribution < 1.29 is 39.1 Å². The monoisotopic (exact) mass is 454 g/mol. The summed E-state index contributed by atoms with van der Waals surface area (Å²) in [6, 6.07) is 8.39. The average Bonchev–Trinajstić information content (AvgIpc) is 3.20. The predicted octanol–water partition coefficient (Wildman–Crippen LogP) is 4.71. The Labute approximate surface area is 190 Å². The molecule has 0 amide bonds. The minimum Gasteiger partial charge on any atom is -0.507 e. The molecular formula is C25H26O8. The second kappa shape index (κ2) is 8.71. The van der Waals surface area contributed by atoms with Crippen molar-refractivity contribution >= 4 is 16.7 Å². The van der Waals surface area contributed by atoms with E-state index in [-0.39, 0.29) is 35.9 Å². The largest absolute Gasteiger partial charge is 0.507 e. The Bertz CT molecular complexity index is 1230. The highest BCUT2D eigenvalue weighted by atomic mass is 16.7. The number of rotatable bonds is 7. The summed E-state index contributed by atoms with van der Waals surface area (Å²) >= 11 is 0. The van der Waals surface area contributed by atoms with E-state index in [0.717, 1.165) is 0 Å². The number of aromatic carboxylic acids is 1. The van der Waals surface area contributed by atoms with E-state index in [0.29, 0.717) is 44.9 Å². The molecule has 4 rings (SSSR count). The zero-order valence-electron chi connectivity index (χ0n) is 18.8. The normalized spacial score (nSPS) is 12.6. The standard InChI is InChI=1S/C25H26O8/c1-12(2)32-18-6-5-14(7-21(18)33-13(3)4)22-15-8-19-20(31-11-30-19)9-16(15)24(27)17(10-26)23(22)25(28)29/h5-9,12-13,26-27H,10-11H2,1-4H3,(H,28,29). The van der Waals surface area contributed by atoms with Gasteiger partial charge in [0.1, 0.15) is 5.75 Å². The van der Waals surface area contributed by atoms with Crippen molar-refractivity contribution in [1.82, 2.24) is 0 Å². The van der Waals surface area contributed by atoms with Gasteiger partial charge in [-0.3, -0.25) is 0 Å². The van der Waals surface area contributed by atoms with Crippen LogP contribution in [0.4, 0.5) is 0 Å². The first-order valence-electron chi connectivity index (χ1n) is 10.6. The Morgan fingerprint density at radius 3 is 2.15 bits per heavy atom. The third-order valence-electron chi connectivity index (χ3n) is 5.20. The SMILES string of the molecule is CC(C)Oc1ccc(-c2c(C(=O)O)c(CO)c(O)c3cc4c(cc23)OCO4)cc1OC(C)C. The van der Waals surface area contributed by atoms with Crippen molar-refractivity contribution in [3.63, 3.8) is 0 Å². The van der Waals surface area contributed by atoms with Crippen molar-refractivity contribution in [1.29, 1.82) is 0 Å². The summed E-state index contributed by atoms with van der Waals surface area (Å²) in [5, 5.41) is 31.7. The Morgan fingerprint density at radius 1 is 0.970 bits per heavy atom. The number of aliphatic hydroxyl groups excluding tert-OH is 1. The molecule has 174 valence electrons. The van der Waals surface area contributed by atoms with Gasteiger partial charge in [-0.05, 0) is 62.9 Å². The molecule has 0 aromatic heterocycles. The van der Waals surface area contributed by atoms with Crippen LogP contribution in [0.25, 0.3) is 21.9 Å². The Balaban J connectivity index is 2.06. The molecule has 0 fully saturated rings. The molecule has 0 radical (unpaired) electrons. The van der Waals surface area contributed by atoms with Crippen LogP contribution >= 0.6 is 0 Å². The third kappa shape index (κ3) is 4.09. The molecule has 3 aromatic carbocycles. The maximum absolute atomic E-state index is 12.3. The number of hydrogen-bond donors (Lipinski definition) is 3. The van der Waals surface area contributed by atoms with E-state index in [1.807, 2.05) is 27.7 Å². The van der Waals surface area contributed by atoms with Crippen molar-refractivity contribution in [2.45, 2.75) is 46.5 Å². The van der Waals surface area contributed by atoms with E-state index in [2.05, 4.69) is 0 Å². The molecule has 0 spiro atoms. The zero-order valence-corrected chi connectivity index (χ0v) is 18.8. The quantitative estimate of drug-likeness (QED) is 0.470. The molecular weight excluding hydrogens is 428 g/mol. The third-order valence-corrected chi connectivity index (χ3v) is 5.20. The minimum absolute atomic E-state index is 0.0218. The highest BCUT2D eigenvalue weighted by Gasteiger charge is 2.27. The smallest absolute Gasteiger partial charge is 0.336 e. The van der Waals surface area contributed by atoms with E-state index >= 15 is 0 Å². The first-order chi connectivity index (χ1) is 15.7. The fraction of sp³-hybridized carbons (Fsp3) is 0.320. The lowest BCUT2D eigenvalue weighted by molar-refractivity contribution is 0.0693. The van der Waals surface area contributed by atoms with Crippen LogP contribution < -0.4 is 18.9 Å². The molecule has 3 N–H and O–H groups in total. The molecule has 1 aliphatic rings. The van der Waals surface area contributed by atoms with E-state index < -0.39 is 12.6 Å². The van der Waals surface area contributed by atoms with Gasteiger partial charge < -0.3 is 34.3 Å². The number of aliphatic hydroxyl groups is 1. The minimum atomic E-state index is -1.28. The first-order valence-corrected chi connectivity index (χ1v) is 10.6. The van der Waals surface area contributed by atoms with Crippen LogP contribution in [0.15, 0.2) is 30.3 Å². The fourth-order valence-corrected chi connectivity index (χ4v) is 3.96. The molecule has 0 unspecified atom stereocenters. The van der Waals surface area contributed by atoms with Crippen LogP contribution in [-0.4, -0.2) is 40.3 Å². The summed E-state index contributed by atoms with van der Waals surface area (Å²) in [5.74, 6) is 0.264. The van der Waals surface area contributed by atoms with Crippen molar-refractivity contribution in [2.75, 3.05) is 6.79 Å². The number of phenols is 1. The topological polar surface area (TPSA) is 115 Å².